The van der Waals surface area contributed by atoms with Gasteiger partial charge in [-0.25, -0.2) is 0 Å². The van der Waals surface area contributed by atoms with Crippen molar-refractivity contribution in [2.75, 3.05) is 4.90 Å². The Bertz CT molecular complexity index is 1120. The minimum absolute atomic E-state index is 0.0971. The predicted molar refractivity (Wildman–Crippen MR) is 138 cm³/mol. The van der Waals surface area contributed by atoms with Gasteiger partial charge in [0.2, 0.25) is 0 Å². The van der Waals surface area contributed by atoms with Crippen LogP contribution in [0.4, 0.5) is 5.69 Å². The second-order valence-electron chi connectivity index (χ2n) is 10.8. The second kappa shape index (κ2) is 8.94. The number of aliphatic carboxylic acids is 1. The molecule has 0 saturated heterocycles. The third-order valence-corrected chi connectivity index (χ3v) is 8.63. The van der Waals surface area contributed by atoms with Crippen LogP contribution in [-0.4, -0.2) is 11.1 Å². The highest BCUT2D eigenvalue weighted by atomic mass is 16.4. The number of carboxylic acids is 1. The fraction of sp³-hybridized carbons (Fsp3) is 0.387. The lowest BCUT2D eigenvalue weighted by Crippen LogP contribution is -2.52. The zero-order valence-electron chi connectivity index (χ0n) is 20.3. The molecule has 0 amide bonds. The number of carbonyl (C=O) groups is 1. The fourth-order valence-electron chi connectivity index (χ4n) is 6.75. The number of hydrogen-bond donors (Lipinski definition) is 1. The summed E-state index contributed by atoms with van der Waals surface area (Å²) >= 11 is 0. The lowest BCUT2D eigenvalue weighted by Gasteiger charge is -2.53. The monoisotopic (exact) mass is 453 g/mol. The van der Waals surface area contributed by atoms with Crippen LogP contribution in [0.2, 0.25) is 0 Å². The molecule has 0 aliphatic heterocycles. The maximum Gasteiger partial charge on any atom is 0.309 e. The summed E-state index contributed by atoms with van der Waals surface area (Å²) < 4.78 is 0. The summed E-state index contributed by atoms with van der Waals surface area (Å²) in [5, 5.41) is 10.2. The smallest absolute Gasteiger partial charge is 0.309 e. The minimum atomic E-state index is -0.644. The van der Waals surface area contributed by atoms with Gasteiger partial charge in [0, 0.05) is 18.8 Å². The topological polar surface area (TPSA) is 40.5 Å². The van der Waals surface area contributed by atoms with Crippen LogP contribution >= 0.6 is 0 Å². The van der Waals surface area contributed by atoms with Gasteiger partial charge in [-0.3, -0.25) is 4.79 Å². The van der Waals surface area contributed by atoms with Gasteiger partial charge in [-0.15, -0.1) is 0 Å². The van der Waals surface area contributed by atoms with Crippen LogP contribution in [0, 0.1) is 11.3 Å². The number of aryl methyl sites for hydroxylation is 1. The van der Waals surface area contributed by atoms with Crippen LogP contribution in [0.25, 0.3) is 0 Å². The zero-order chi connectivity index (χ0) is 23.8. The van der Waals surface area contributed by atoms with Crippen molar-refractivity contribution >= 4 is 11.7 Å². The van der Waals surface area contributed by atoms with Crippen molar-refractivity contribution in [1.82, 2.24) is 0 Å². The number of carboxylic acid groups (broad SMARTS) is 1. The third-order valence-electron chi connectivity index (χ3n) is 8.63. The van der Waals surface area contributed by atoms with E-state index in [0.717, 1.165) is 45.2 Å². The fourth-order valence-corrected chi connectivity index (χ4v) is 6.75. The first-order chi connectivity index (χ1) is 16.4. The number of fused-ring (bicyclic) bond motifs is 3. The second-order valence-corrected chi connectivity index (χ2v) is 10.8. The summed E-state index contributed by atoms with van der Waals surface area (Å²) in [4.78, 5) is 14.8. The Kier molecular flexibility index (Phi) is 5.97. The Morgan fingerprint density at radius 1 is 0.912 bits per heavy atom. The highest BCUT2D eigenvalue weighted by molar-refractivity contribution is 5.75. The van der Waals surface area contributed by atoms with Crippen molar-refractivity contribution in [3.8, 4) is 0 Å². The molecule has 0 bridgehead atoms. The maximum atomic E-state index is 12.4. The largest absolute Gasteiger partial charge is 0.481 e. The van der Waals surface area contributed by atoms with Gasteiger partial charge in [-0.1, -0.05) is 80.1 Å². The van der Waals surface area contributed by atoms with E-state index in [1.54, 1.807) is 0 Å². The number of rotatable bonds is 6. The first-order valence-electron chi connectivity index (χ1n) is 12.6. The van der Waals surface area contributed by atoms with Gasteiger partial charge in [0.25, 0.3) is 0 Å². The van der Waals surface area contributed by atoms with Crippen LogP contribution in [0.1, 0.15) is 61.8 Å². The number of nitrogens with zero attached hydrogens (tertiary/aromatic N) is 1. The van der Waals surface area contributed by atoms with Crippen LogP contribution in [-0.2, 0) is 29.7 Å². The Balaban J connectivity index is 1.54. The number of anilines is 1. The van der Waals surface area contributed by atoms with Gasteiger partial charge in [0.15, 0.2) is 0 Å². The Morgan fingerprint density at radius 2 is 1.53 bits per heavy atom. The molecule has 0 heterocycles. The van der Waals surface area contributed by atoms with Gasteiger partial charge in [0.05, 0.1) is 5.41 Å². The Hall–Kier alpha value is -3.07. The van der Waals surface area contributed by atoms with Crippen molar-refractivity contribution in [2.45, 2.75) is 64.5 Å². The summed E-state index contributed by atoms with van der Waals surface area (Å²) in [7, 11) is 0. The van der Waals surface area contributed by atoms with Gasteiger partial charge < -0.3 is 10.0 Å². The molecular weight excluding hydrogens is 418 g/mol. The standard InChI is InChI=1S/C31H35NO2/c1-30-18-9-19-31(2,29(33)34)28(30)17-15-25-14-16-26(20-27(25)30)32(21-23-10-5-3-6-11-23)22-24-12-7-4-8-13-24/h3-8,10-14,16,20,28H,9,15,17-19,21-22H2,1-2H3,(H,33,34)/t28?,30?,31-/m0/s1. The van der Waals surface area contributed by atoms with E-state index in [4.69, 9.17) is 0 Å². The molecule has 3 aromatic rings. The van der Waals surface area contributed by atoms with Crippen LogP contribution < -0.4 is 4.90 Å². The lowest BCUT2D eigenvalue weighted by molar-refractivity contribution is -0.157. The normalized spacial score (nSPS) is 25.8. The summed E-state index contributed by atoms with van der Waals surface area (Å²) in [6.07, 6.45) is 4.75. The molecule has 3 atom stereocenters. The summed E-state index contributed by atoms with van der Waals surface area (Å²) in [5.41, 5.74) is 5.83. The van der Waals surface area contributed by atoms with Crippen LogP contribution in [0.5, 0.6) is 0 Å². The average Bonchev–Trinajstić information content (AvgIpc) is 2.84. The molecule has 2 aliphatic rings. The molecule has 3 aromatic carbocycles. The molecule has 0 spiro atoms. The highest BCUT2D eigenvalue weighted by Crippen LogP contribution is 2.57. The first-order valence-corrected chi connectivity index (χ1v) is 12.6. The van der Waals surface area contributed by atoms with Crippen molar-refractivity contribution in [3.05, 3.63) is 101 Å². The van der Waals surface area contributed by atoms with E-state index in [2.05, 4.69) is 90.7 Å². The van der Waals surface area contributed by atoms with E-state index < -0.39 is 11.4 Å². The van der Waals surface area contributed by atoms with E-state index in [-0.39, 0.29) is 11.3 Å². The molecule has 176 valence electrons. The van der Waals surface area contributed by atoms with Gasteiger partial charge >= 0.3 is 5.97 Å². The van der Waals surface area contributed by atoms with E-state index >= 15 is 0 Å². The van der Waals surface area contributed by atoms with Crippen molar-refractivity contribution < 1.29 is 9.90 Å². The number of hydrogen-bond acceptors (Lipinski definition) is 2. The molecule has 3 heteroatoms. The predicted octanol–water partition coefficient (Wildman–Crippen LogP) is 6.99. The molecular formula is C31H35NO2. The van der Waals surface area contributed by atoms with Gasteiger partial charge in [0.1, 0.15) is 0 Å². The molecule has 0 radical (unpaired) electrons. The SMILES string of the molecule is CC12CCC[C@](C)(C(=O)O)C1CCc1ccc(N(Cc3ccccc3)Cc3ccccc3)cc12. The van der Waals surface area contributed by atoms with E-state index in [0.29, 0.717) is 0 Å². The quantitative estimate of drug-likeness (QED) is 0.437. The van der Waals surface area contributed by atoms with Crippen molar-refractivity contribution in [2.24, 2.45) is 11.3 Å². The van der Waals surface area contributed by atoms with Gasteiger partial charge in [-0.2, -0.15) is 0 Å². The summed E-state index contributed by atoms with van der Waals surface area (Å²) in [5.74, 6) is -0.455. The summed E-state index contributed by atoms with van der Waals surface area (Å²) in [6, 6.07) is 28.2. The molecule has 1 fully saturated rings. The zero-order valence-corrected chi connectivity index (χ0v) is 20.3. The van der Waals surface area contributed by atoms with E-state index in [1.807, 2.05) is 6.92 Å². The molecule has 2 aliphatic carbocycles. The van der Waals surface area contributed by atoms with Crippen LogP contribution in [0.3, 0.4) is 0 Å². The van der Waals surface area contributed by atoms with Crippen LogP contribution in [0.15, 0.2) is 78.9 Å². The molecule has 1 saturated carbocycles. The molecule has 2 unspecified atom stereocenters. The van der Waals surface area contributed by atoms with E-state index in [9.17, 15) is 9.90 Å². The first kappa shape index (κ1) is 22.7. The highest BCUT2D eigenvalue weighted by Gasteiger charge is 2.55. The van der Waals surface area contributed by atoms with Gasteiger partial charge in [-0.05, 0) is 78.3 Å². The molecule has 5 rings (SSSR count). The van der Waals surface area contributed by atoms with E-state index in [1.165, 1.54) is 27.9 Å². The lowest BCUT2D eigenvalue weighted by atomic mass is 9.50. The maximum absolute atomic E-state index is 12.4. The summed E-state index contributed by atoms with van der Waals surface area (Å²) in [6.45, 7) is 5.99. The minimum Gasteiger partial charge on any atom is -0.481 e. The van der Waals surface area contributed by atoms with Crippen molar-refractivity contribution in [1.29, 1.82) is 0 Å². The average molecular weight is 454 g/mol. The molecule has 34 heavy (non-hydrogen) atoms. The molecule has 3 nitrogen and oxygen atoms in total. The Labute approximate surface area is 203 Å². The van der Waals surface area contributed by atoms with Crippen molar-refractivity contribution in [3.63, 3.8) is 0 Å². The Morgan fingerprint density at radius 3 is 2.12 bits per heavy atom. The number of benzene rings is 3. The third kappa shape index (κ3) is 4.02. The molecule has 0 aromatic heterocycles. The molecule has 1 N–H and O–H groups in total.